The Hall–Kier alpha value is -2.66. The lowest BCUT2D eigenvalue weighted by molar-refractivity contribution is -0.142. The fourth-order valence-corrected chi connectivity index (χ4v) is 3.55. The fraction of sp³-hybridized carbons (Fsp3) is 0.526. The van der Waals surface area contributed by atoms with Gasteiger partial charge in [-0.15, -0.1) is 0 Å². The first-order valence-corrected chi connectivity index (χ1v) is 9.06. The van der Waals surface area contributed by atoms with Gasteiger partial charge in [-0.2, -0.15) is 5.26 Å². The SMILES string of the molecule is CC(=O)NC[C@H]1CC(c2ccc(N3CCN(CC#N)CC3)c(F)c2)C(=O)O1. The van der Waals surface area contributed by atoms with E-state index in [-0.39, 0.29) is 30.3 Å². The fourth-order valence-electron chi connectivity index (χ4n) is 3.55. The van der Waals surface area contributed by atoms with Gasteiger partial charge in [-0.1, -0.05) is 6.07 Å². The predicted octanol–water partition coefficient (Wildman–Crippen LogP) is 1.01. The molecule has 1 aromatic rings. The molecule has 1 aromatic carbocycles. The maximum atomic E-state index is 14.7. The van der Waals surface area contributed by atoms with Gasteiger partial charge in [-0.05, 0) is 17.7 Å². The molecule has 2 saturated heterocycles. The zero-order valence-electron chi connectivity index (χ0n) is 15.3. The van der Waals surface area contributed by atoms with Gasteiger partial charge in [0, 0.05) is 39.5 Å². The average molecular weight is 374 g/mol. The lowest BCUT2D eigenvalue weighted by atomic mass is 9.95. The highest BCUT2D eigenvalue weighted by molar-refractivity contribution is 5.80. The second kappa shape index (κ2) is 8.35. The van der Waals surface area contributed by atoms with Crippen LogP contribution in [0.3, 0.4) is 0 Å². The van der Waals surface area contributed by atoms with Gasteiger partial charge in [0.15, 0.2) is 0 Å². The van der Waals surface area contributed by atoms with Crippen LogP contribution in [0.25, 0.3) is 0 Å². The zero-order chi connectivity index (χ0) is 19.4. The summed E-state index contributed by atoms with van der Waals surface area (Å²) < 4.78 is 20.0. The van der Waals surface area contributed by atoms with Gasteiger partial charge in [0.25, 0.3) is 0 Å². The van der Waals surface area contributed by atoms with Gasteiger partial charge in [0.1, 0.15) is 11.9 Å². The van der Waals surface area contributed by atoms with E-state index in [0.717, 1.165) is 0 Å². The van der Waals surface area contributed by atoms with Crippen molar-refractivity contribution >= 4 is 17.6 Å². The third-order valence-electron chi connectivity index (χ3n) is 5.03. The van der Waals surface area contributed by atoms with Gasteiger partial charge in [0.05, 0.1) is 30.8 Å². The Labute approximate surface area is 157 Å². The molecule has 2 heterocycles. The molecule has 0 spiro atoms. The van der Waals surface area contributed by atoms with Crippen LogP contribution in [-0.2, 0) is 14.3 Å². The number of nitrogens with zero attached hydrogens (tertiary/aromatic N) is 3. The molecule has 144 valence electrons. The highest BCUT2D eigenvalue weighted by atomic mass is 19.1. The summed E-state index contributed by atoms with van der Waals surface area (Å²) in [6, 6.07) is 7.02. The molecule has 0 aliphatic carbocycles. The van der Waals surface area contributed by atoms with Gasteiger partial charge < -0.3 is 15.0 Å². The first-order chi connectivity index (χ1) is 13.0. The van der Waals surface area contributed by atoms with Crippen LogP contribution in [0.2, 0.25) is 0 Å². The molecular formula is C19H23FN4O3. The molecule has 2 aliphatic rings. The Balaban J connectivity index is 1.64. The molecule has 2 aliphatic heterocycles. The summed E-state index contributed by atoms with van der Waals surface area (Å²) in [7, 11) is 0. The summed E-state index contributed by atoms with van der Waals surface area (Å²) in [5, 5.41) is 11.4. The lowest BCUT2D eigenvalue weighted by Gasteiger charge is -2.35. The molecular weight excluding hydrogens is 351 g/mol. The number of piperazine rings is 1. The van der Waals surface area contributed by atoms with Gasteiger partial charge >= 0.3 is 5.97 Å². The number of cyclic esters (lactones) is 1. The number of amides is 1. The number of hydrogen-bond acceptors (Lipinski definition) is 6. The highest BCUT2D eigenvalue weighted by Crippen LogP contribution is 2.33. The van der Waals surface area contributed by atoms with Crippen LogP contribution in [0.4, 0.5) is 10.1 Å². The number of ether oxygens (including phenoxy) is 1. The molecule has 0 aromatic heterocycles. The van der Waals surface area contributed by atoms with E-state index in [1.54, 1.807) is 12.1 Å². The van der Waals surface area contributed by atoms with Crippen molar-refractivity contribution < 1.29 is 18.7 Å². The molecule has 1 amide bonds. The number of halogens is 1. The topological polar surface area (TPSA) is 85.7 Å². The second-order valence-electron chi connectivity index (χ2n) is 6.92. The Morgan fingerprint density at radius 2 is 2.11 bits per heavy atom. The van der Waals surface area contributed by atoms with Crippen LogP contribution in [0.15, 0.2) is 18.2 Å². The number of benzene rings is 1. The van der Waals surface area contributed by atoms with Gasteiger partial charge in [-0.25, -0.2) is 4.39 Å². The monoisotopic (exact) mass is 374 g/mol. The van der Waals surface area contributed by atoms with E-state index in [2.05, 4.69) is 11.4 Å². The van der Waals surface area contributed by atoms with Crippen LogP contribution >= 0.6 is 0 Å². The maximum absolute atomic E-state index is 14.7. The van der Waals surface area contributed by atoms with Crippen LogP contribution in [0.5, 0.6) is 0 Å². The van der Waals surface area contributed by atoms with Crippen molar-refractivity contribution in [3.8, 4) is 6.07 Å². The Morgan fingerprint density at radius 3 is 2.74 bits per heavy atom. The minimum Gasteiger partial charge on any atom is -0.460 e. The highest BCUT2D eigenvalue weighted by Gasteiger charge is 2.36. The molecule has 2 atom stereocenters. The summed E-state index contributed by atoms with van der Waals surface area (Å²) >= 11 is 0. The van der Waals surface area contributed by atoms with E-state index < -0.39 is 5.92 Å². The average Bonchev–Trinajstić information content (AvgIpc) is 3.02. The molecule has 0 bridgehead atoms. The molecule has 8 heteroatoms. The number of hydrogen-bond donors (Lipinski definition) is 1. The third kappa shape index (κ3) is 4.55. The number of esters is 1. The second-order valence-corrected chi connectivity index (χ2v) is 6.92. The van der Waals surface area contributed by atoms with E-state index in [0.29, 0.717) is 50.4 Å². The van der Waals surface area contributed by atoms with Crippen molar-refractivity contribution in [2.75, 3.05) is 44.2 Å². The molecule has 3 rings (SSSR count). The van der Waals surface area contributed by atoms with E-state index in [9.17, 15) is 14.0 Å². The summed E-state index contributed by atoms with van der Waals surface area (Å²) in [4.78, 5) is 27.1. The van der Waals surface area contributed by atoms with E-state index >= 15 is 0 Å². The first kappa shape index (κ1) is 19.1. The predicted molar refractivity (Wildman–Crippen MR) is 96.6 cm³/mol. The number of carbonyl (C=O) groups excluding carboxylic acids is 2. The summed E-state index contributed by atoms with van der Waals surface area (Å²) in [6.45, 7) is 4.81. The smallest absolute Gasteiger partial charge is 0.313 e. The van der Waals surface area contributed by atoms with Crippen molar-refractivity contribution in [2.24, 2.45) is 0 Å². The molecule has 27 heavy (non-hydrogen) atoms. The standard InChI is InChI=1S/C19H23FN4O3/c1-13(25)22-12-15-11-16(19(26)27-15)14-2-3-18(17(20)10-14)24-8-6-23(5-4-21)7-9-24/h2-3,10,15-16H,5-9,11-12H2,1H3,(H,22,25)/t15-,16?/m1/s1. The number of rotatable bonds is 5. The molecule has 0 radical (unpaired) electrons. The summed E-state index contributed by atoms with van der Waals surface area (Å²) in [5.74, 6) is -1.44. The largest absolute Gasteiger partial charge is 0.460 e. The number of nitrogens with one attached hydrogen (secondary N) is 1. The van der Waals surface area contributed by atoms with Crippen molar-refractivity contribution in [1.29, 1.82) is 5.26 Å². The summed E-state index contributed by atoms with van der Waals surface area (Å²) in [5.41, 5.74) is 1.10. The number of carbonyl (C=O) groups is 2. The van der Waals surface area contributed by atoms with Crippen LogP contribution in [0.1, 0.15) is 24.8 Å². The molecule has 2 fully saturated rings. The van der Waals surface area contributed by atoms with Crippen molar-refractivity contribution in [1.82, 2.24) is 10.2 Å². The Morgan fingerprint density at radius 1 is 1.37 bits per heavy atom. The van der Waals surface area contributed by atoms with Crippen molar-refractivity contribution in [2.45, 2.75) is 25.4 Å². The van der Waals surface area contributed by atoms with E-state index in [1.165, 1.54) is 13.0 Å². The quantitative estimate of drug-likeness (QED) is 0.612. The van der Waals surface area contributed by atoms with E-state index in [4.69, 9.17) is 10.00 Å². The minimum atomic E-state index is -0.514. The lowest BCUT2D eigenvalue weighted by Crippen LogP contribution is -2.46. The summed E-state index contributed by atoms with van der Waals surface area (Å²) in [6.07, 6.45) is 0.0346. The Bertz CT molecular complexity index is 756. The molecule has 7 nitrogen and oxygen atoms in total. The normalized spacial score (nSPS) is 23.0. The van der Waals surface area contributed by atoms with Crippen molar-refractivity contribution in [3.05, 3.63) is 29.6 Å². The van der Waals surface area contributed by atoms with Gasteiger partial charge in [0.2, 0.25) is 5.91 Å². The Kier molecular flexibility index (Phi) is 5.91. The van der Waals surface area contributed by atoms with Crippen LogP contribution in [-0.4, -0.2) is 62.1 Å². The molecule has 1 N–H and O–H groups in total. The maximum Gasteiger partial charge on any atom is 0.313 e. The molecule has 1 unspecified atom stereocenters. The van der Waals surface area contributed by atoms with Crippen molar-refractivity contribution in [3.63, 3.8) is 0 Å². The van der Waals surface area contributed by atoms with E-state index in [1.807, 2.05) is 9.80 Å². The first-order valence-electron chi connectivity index (χ1n) is 9.06. The number of anilines is 1. The van der Waals surface area contributed by atoms with Gasteiger partial charge in [-0.3, -0.25) is 14.5 Å². The zero-order valence-corrected chi connectivity index (χ0v) is 15.3. The van der Waals surface area contributed by atoms with Crippen LogP contribution < -0.4 is 10.2 Å². The minimum absolute atomic E-state index is 0.181. The third-order valence-corrected chi connectivity index (χ3v) is 5.03. The van der Waals surface area contributed by atoms with Crippen LogP contribution in [0, 0.1) is 17.1 Å². The molecule has 0 saturated carbocycles. The number of nitriles is 1.